The number of fused-ring (bicyclic) bond motifs is 2. The third-order valence-corrected chi connectivity index (χ3v) is 7.33. The minimum absolute atomic E-state index is 0.0923. The van der Waals surface area contributed by atoms with Crippen LogP contribution in [0, 0.1) is 16.7 Å². The molecule has 0 saturated heterocycles. The molecule has 0 amide bonds. The third-order valence-electron chi connectivity index (χ3n) is 4.90. The summed E-state index contributed by atoms with van der Waals surface area (Å²) in [6.45, 7) is 7.54. The van der Waals surface area contributed by atoms with Crippen molar-refractivity contribution in [3.8, 4) is 0 Å². The standard InChI is InChI=1S/C13H20O4S2/c1-4-7-18-17-19(15,16)9-13-6-5-10(8-11(13)14)12(13,2)3/h4,10H,1,5-9H2,2-3H3. The zero-order chi connectivity index (χ0) is 14.3. The van der Waals surface area contributed by atoms with Crippen molar-refractivity contribution in [2.45, 2.75) is 33.1 Å². The first kappa shape index (κ1) is 15.1. The summed E-state index contributed by atoms with van der Waals surface area (Å²) in [5.74, 6) is 0.629. The summed E-state index contributed by atoms with van der Waals surface area (Å²) in [6.07, 6.45) is 3.70. The quantitative estimate of drug-likeness (QED) is 0.429. The van der Waals surface area contributed by atoms with Gasteiger partial charge in [-0.05, 0) is 24.2 Å². The second-order valence-electron chi connectivity index (χ2n) is 6.01. The molecule has 2 atom stereocenters. The number of carbonyl (C=O) groups excluding carboxylic acids is 1. The average molecular weight is 304 g/mol. The molecule has 0 N–H and O–H groups in total. The Labute approximate surface area is 119 Å². The molecular formula is C13H20O4S2. The van der Waals surface area contributed by atoms with E-state index < -0.39 is 15.5 Å². The molecule has 0 heterocycles. The molecule has 0 aromatic rings. The smallest absolute Gasteiger partial charge is 0.279 e. The predicted molar refractivity (Wildman–Crippen MR) is 76.1 cm³/mol. The normalized spacial score (nSPS) is 32.7. The number of rotatable bonds is 6. The molecule has 2 rings (SSSR count). The Morgan fingerprint density at radius 3 is 2.68 bits per heavy atom. The fourth-order valence-electron chi connectivity index (χ4n) is 3.58. The van der Waals surface area contributed by atoms with E-state index in [9.17, 15) is 13.2 Å². The molecule has 0 spiro atoms. The van der Waals surface area contributed by atoms with E-state index in [0.717, 1.165) is 18.5 Å². The minimum Gasteiger partial charge on any atom is -0.299 e. The van der Waals surface area contributed by atoms with Gasteiger partial charge in [0.25, 0.3) is 10.1 Å². The van der Waals surface area contributed by atoms with E-state index in [0.29, 0.717) is 24.5 Å². The van der Waals surface area contributed by atoms with E-state index in [1.165, 1.54) is 0 Å². The summed E-state index contributed by atoms with van der Waals surface area (Å²) in [7, 11) is -3.69. The summed E-state index contributed by atoms with van der Waals surface area (Å²) in [5, 5.41) is 0. The van der Waals surface area contributed by atoms with Gasteiger partial charge < -0.3 is 0 Å². The Morgan fingerprint density at radius 2 is 2.21 bits per heavy atom. The fraction of sp³-hybridized carbons (Fsp3) is 0.769. The SMILES string of the molecule is C=CCSOS(=O)(=O)CC12CCC(CC1=O)C2(C)C. The van der Waals surface area contributed by atoms with E-state index in [2.05, 4.69) is 6.58 Å². The molecule has 2 bridgehead atoms. The Kier molecular flexibility index (Phi) is 3.88. The van der Waals surface area contributed by atoms with E-state index >= 15 is 0 Å². The van der Waals surface area contributed by atoms with Crippen LogP contribution in [0.3, 0.4) is 0 Å². The highest BCUT2D eigenvalue weighted by atomic mass is 32.3. The van der Waals surface area contributed by atoms with Gasteiger partial charge in [0, 0.05) is 24.2 Å². The van der Waals surface area contributed by atoms with Gasteiger partial charge in [-0.3, -0.25) is 4.79 Å². The first-order chi connectivity index (χ1) is 8.75. The van der Waals surface area contributed by atoms with Crippen LogP contribution in [0.15, 0.2) is 12.7 Å². The summed E-state index contributed by atoms with van der Waals surface area (Å²) < 4.78 is 29.0. The maximum Gasteiger partial charge on any atom is 0.279 e. The summed E-state index contributed by atoms with van der Waals surface area (Å²) in [5.41, 5.74) is -0.991. The maximum atomic E-state index is 12.2. The zero-order valence-electron chi connectivity index (χ0n) is 11.3. The molecule has 19 heavy (non-hydrogen) atoms. The van der Waals surface area contributed by atoms with Crippen LogP contribution in [-0.4, -0.2) is 25.7 Å². The van der Waals surface area contributed by atoms with Crippen molar-refractivity contribution in [3.05, 3.63) is 12.7 Å². The van der Waals surface area contributed by atoms with Gasteiger partial charge in [0.2, 0.25) is 0 Å². The number of carbonyl (C=O) groups is 1. The van der Waals surface area contributed by atoms with E-state index in [1.807, 2.05) is 13.8 Å². The molecule has 108 valence electrons. The Bertz CT molecular complexity index is 495. The highest BCUT2D eigenvalue weighted by Crippen LogP contribution is 2.64. The van der Waals surface area contributed by atoms with Gasteiger partial charge in [0.1, 0.15) is 5.78 Å². The van der Waals surface area contributed by atoms with Crippen molar-refractivity contribution in [2.24, 2.45) is 16.7 Å². The van der Waals surface area contributed by atoms with Gasteiger partial charge in [-0.1, -0.05) is 19.9 Å². The molecule has 0 aromatic carbocycles. The third kappa shape index (κ3) is 2.38. The maximum absolute atomic E-state index is 12.2. The van der Waals surface area contributed by atoms with Gasteiger partial charge in [-0.2, -0.15) is 12.0 Å². The van der Waals surface area contributed by atoms with E-state index in [4.69, 9.17) is 3.63 Å². The van der Waals surface area contributed by atoms with Gasteiger partial charge >= 0.3 is 0 Å². The number of Topliss-reactive ketones (excluding diaryl/α,β-unsaturated/α-hetero) is 1. The lowest BCUT2D eigenvalue weighted by atomic mass is 9.70. The number of ketones is 1. The summed E-state index contributed by atoms with van der Waals surface area (Å²) in [6, 6.07) is 0. The first-order valence-corrected chi connectivity index (χ1v) is 8.92. The molecule has 2 fully saturated rings. The largest absolute Gasteiger partial charge is 0.299 e. The second-order valence-corrected chi connectivity index (χ2v) is 8.53. The molecule has 2 aliphatic rings. The Morgan fingerprint density at radius 1 is 1.53 bits per heavy atom. The molecule has 0 aliphatic heterocycles. The molecule has 0 radical (unpaired) electrons. The van der Waals surface area contributed by atoms with Gasteiger partial charge in [0.05, 0.1) is 11.2 Å². The van der Waals surface area contributed by atoms with Gasteiger partial charge in [-0.15, -0.1) is 6.58 Å². The number of hydrogen-bond donors (Lipinski definition) is 0. The minimum atomic E-state index is -3.69. The van der Waals surface area contributed by atoms with Crippen molar-refractivity contribution in [1.82, 2.24) is 0 Å². The Balaban J connectivity index is 2.17. The van der Waals surface area contributed by atoms with Crippen LogP contribution < -0.4 is 0 Å². The molecule has 2 unspecified atom stereocenters. The van der Waals surface area contributed by atoms with Crippen LogP contribution in [0.2, 0.25) is 0 Å². The topological polar surface area (TPSA) is 60.4 Å². The van der Waals surface area contributed by atoms with Crippen LogP contribution >= 0.6 is 12.0 Å². The van der Waals surface area contributed by atoms with Crippen LogP contribution in [0.25, 0.3) is 0 Å². The zero-order valence-corrected chi connectivity index (χ0v) is 13.0. The predicted octanol–water partition coefficient (Wildman–Crippen LogP) is 2.56. The van der Waals surface area contributed by atoms with Crippen molar-refractivity contribution in [2.75, 3.05) is 11.5 Å². The van der Waals surface area contributed by atoms with Gasteiger partial charge in [-0.25, -0.2) is 0 Å². The lowest BCUT2D eigenvalue weighted by Gasteiger charge is -2.35. The molecule has 4 nitrogen and oxygen atoms in total. The van der Waals surface area contributed by atoms with Crippen molar-refractivity contribution >= 4 is 27.9 Å². The average Bonchev–Trinajstić information content (AvgIpc) is 2.62. The second kappa shape index (κ2) is 4.90. The molecule has 6 heteroatoms. The first-order valence-electron chi connectivity index (χ1n) is 6.43. The van der Waals surface area contributed by atoms with Crippen molar-refractivity contribution in [3.63, 3.8) is 0 Å². The summed E-state index contributed by atoms with van der Waals surface area (Å²) >= 11 is 0.850. The van der Waals surface area contributed by atoms with Crippen molar-refractivity contribution < 1.29 is 16.8 Å². The molecular weight excluding hydrogens is 284 g/mol. The van der Waals surface area contributed by atoms with E-state index in [-0.39, 0.29) is 17.0 Å². The van der Waals surface area contributed by atoms with Crippen molar-refractivity contribution in [1.29, 1.82) is 0 Å². The lowest BCUT2D eigenvalue weighted by Crippen LogP contribution is -2.42. The molecule has 2 saturated carbocycles. The van der Waals surface area contributed by atoms with Gasteiger partial charge in [0.15, 0.2) is 0 Å². The monoisotopic (exact) mass is 304 g/mol. The highest BCUT2D eigenvalue weighted by Gasteiger charge is 2.65. The highest BCUT2D eigenvalue weighted by molar-refractivity contribution is 8.04. The summed E-state index contributed by atoms with van der Waals surface area (Å²) in [4.78, 5) is 12.2. The van der Waals surface area contributed by atoms with Crippen LogP contribution in [0.1, 0.15) is 33.1 Å². The van der Waals surface area contributed by atoms with E-state index in [1.54, 1.807) is 6.08 Å². The van der Waals surface area contributed by atoms with Crippen LogP contribution in [0.4, 0.5) is 0 Å². The van der Waals surface area contributed by atoms with Crippen LogP contribution in [0.5, 0.6) is 0 Å². The lowest BCUT2D eigenvalue weighted by molar-refractivity contribution is -0.128. The molecule has 0 aromatic heterocycles. The van der Waals surface area contributed by atoms with Crippen LogP contribution in [-0.2, 0) is 18.5 Å². The Hall–Kier alpha value is -0.330. The number of hydrogen-bond acceptors (Lipinski definition) is 5. The molecule has 2 aliphatic carbocycles. The fourth-order valence-corrected chi connectivity index (χ4v) is 5.96.